The van der Waals surface area contributed by atoms with Crippen LogP contribution in [0.2, 0.25) is 5.02 Å². The third-order valence-electron chi connectivity index (χ3n) is 2.85. The number of hydrogen-bond acceptors (Lipinski definition) is 3. The van der Waals surface area contributed by atoms with Gasteiger partial charge in [0.25, 0.3) is 0 Å². The summed E-state index contributed by atoms with van der Waals surface area (Å²) in [5.41, 5.74) is 0.881. The molecule has 1 amide bonds. The number of carbonyl (C=O) groups is 1. The number of anilines is 1. The lowest BCUT2D eigenvalue weighted by Crippen LogP contribution is -2.35. The van der Waals surface area contributed by atoms with Gasteiger partial charge in [-0.15, -0.1) is 0 Å². The van der Waals surface area contributed by atoms with E-state index in [9.17, 15) is 4.79 Å². The van der Waals surface area contributed by atoms with E-state index in [0.29, 0.717) is 11.6 Å². The van der Waals surface area contributed by atoms with Gasteiger partial charge in [0.2, 0.25) is 5.91 Å². The van der Waals surface area contributed by atoms with Crippen LogP contribution in [0.25, 0.3) is 0 Å². The largest absolute Gasteiger partial charge is 0.376 e. The standard InChI is InChI=1S/C13H17ClN2O2/c14-10-3-5-11(6-4-10)15-9-13(17)16-8-12-2-1-7-18-12/h3-6,12,15H,1-2,7-9H2,(H,16,17)/t12-/m0/s1. The van der Waals surface area contributed by atoms with E-state index >= 15 is 0 Å². The maximum Gasteiger partial charge on any atom is 0.239 e. The molecule has 4 nitrogen and oxygen atoms in total. The van der Waals surface area contributed by atoms with E-state index in [-0.39, 0.29) is 18.6 Å². The molecular weight excluding hydrogens is 252 g/mol. The normalized spacial score (nSPS) is 18.6. The van der Waals surface area contributed by atoms with Crippen LogP contribution in [0.1, 0.15) is 12.8 Å². The summed E-state index contributed by atoms with van der Waals surface area (Å²) < 4.78 is 5.43. The first-order valence-electron chi connectivity index (χ1n) is 6.12. The summed E-state index contributed by atoms with van der Waals surface area (Å²) in [6.07, 6.45) is 2.30. The number of carbonyl (C=O) groups excluding carboxylic acids is 1. The first kappa shape index (κ1) is 13.2. The lowest BCUT2D eigenvalue weighted by atomic mass is 10.2. The van der Waals surface area contributed by atoms with Crippen molar-refractivity contribution in [2.24, 2.45) is 0 Å². The molecule has 1 aromatic rings. The van der Waals surface area contributed by atoms with Gasteiger partial charge in [0.15, 0.2) is 0 Å². The smallest absolute Gasteiger partial charge is 0.239 e. The van der Waals surface area contributed by atoms with E-state index in [1.54, 1.807) is 12.1 Å². The molecule has 0 aliphatic carbocycles. The highest BCUT2D eigenvalue weighted by atomic mass is 35.5. The summed E-state index contributed by atoms with van der Waals surface area (Å²) in [5, 5.41) is 6.57. The van der Waals surface area contributed by atoms with E-state index in [2.05, 4.69) is 10.6 Å². The van der Waals surface area contributed by atoms with Gasteiger partial charge >= 0.3 is 0 Å². The van der Waals surface area contributed by atoms with Crippen LogP contribution < -0.4 is 10.6 Å². The molecule has 1 aromatic carbocycles. The number of nitrogens with one attached hydrogen (secondary N) is 2. The third-order valence-corrected chi connectivity index (χ3v) is 3.10. The quantitative estimate of drug-likeness (QED) is 0.859. The van der Waals surface area contributed by atoms with Gasteiger partial charge in [0.1, 0.15) is 0 Å². The van der Waals surface area contributed by atoms with Gasteiger partial charge in [-0.3, -0.25) is 4.79 Å². The molecule has 0 aromatic heterocycles. The Morgan fingerprint density at radius 1 is 1.39 bits per heavy atom. The number of benzene rings is 1. The molecule has 0 spiro atoms. The van der Waals surface area contributed by atoms with Gasteiger partial charge in [-0.2, -0.15) is 0 Å². The van der Waals surface area contributed by atoms with E-state index < -0.39 is 0 Å². The zero-order chi connectivity index (χ0) is 12.8. The van der Waals surface area contributed by atoms with Crippen molar-refractivity contribution in [2.45, 2.75) is 18.9 Å². The molecule has 0 unspecified atom stereocenters. The van der Waals surface area contributed by atoms with Crippen LogP contribution in [-0.2, 0) is 9.53 Å². The first-order valence-corrected chi connectivity index (χ1v) is 6.49. The minimum absolute atomic E-state index is 0.0274. The number of hydrogen-bond donors (Lipinski definition) is 2. The maximum atomic E-state index is 11.6. The van der Waals surface area contributed by atoms with Crippen molar-refractivity contribution in [1.29, 1.82) is 0 Å². The van der Waals surface area contributed by atoms with Crippen LogP contribution in [0.5, 0.6) is 0 Å². The molecule has 1 aliphatic heterocycles. The molecule has 1 fully saturated rings. The summed E-state index contributed by atoms with van der Waals surface area (Å²) in [6.45, 7) is 1.67. The van der Waals surface area contributed by atoms with Crippen LogP contribution in [0, 0.1) is 0 Å². The maximum absolute atomic E-state index is 11.6. The Bertz CT molecular complexity index is 388. The molecule has 2 N–H and O–H groups in total. The molecule has 0 bridgehead atoms. The van der Waals surface area contributed by atoms with Crippen LogP contribution >= 0.6 is 11.6 Å². The lowest BCUT2D eigenvalue weighted by molar-refractivity contribution is -0.119. The van der Waals surface area contributed by atoms with Gasteiger partial charge in [-0.05, 0) is 37.1 Å². The monoisotopic (exact) mass is 268 g/mol. The molecule has 98 valence electrons. The fourth-order valence-electron chi connectivity index (χ4n) is 1.85. The molecule has 1 atom stereocenters. The summed E-state index contributed by atoms with van der Waals surface area (Å²) >= 11 is 5.78. The van der Waals surface area contributed by atoms with Gasteiger partial charge in [0.05, 0.1) is 12.6 Å². The summed E-state index contributed by atoms with van der Waals surface area (Å²) in [6, 6.07) is 7.26. The molecule has 0 radical (unpaired) electrons. The van der Waals surface area contributed by atoms with E-state index in [1.807, 2.05) is 12.1 Å². The van der Waals surface area contributed by atoms with Crippen molar-refractivity contribution in [3.63, 3.8) is 0 Å². The van der Waals surface area contributed by atoms with Crippen molar-refractivity contribution in [3.8, 4) is 0 Å². The topological polar surface area (TPSA) is 50.4 Å². The Morgan fingerprint density at radius 2 is 2.17 bits per heavy atom. The minimum atomic E-state index is -0.0274. The zero-order valence-electron chi connectivity index (χ0n) is 10.1. The fraction of sp³-hybridized carbons (Fsp3) is 0.462. The first-order chi connectivity index (χ1) is 8.74. The van der Waals surface area contributed by atoms with Gasteiger partial charge in [0, 0.05) is 23.9 Å². The van der Waals surface area contributed by atoms with E-state index in [1.165, 1.54) is 0 Å². The number of amides is 1. The molecule has 0 saturated carbocycles. The Hall–Kier alpha value is -1.26. The predicted octanol–water partition coefficient (Wildman–Crippen LogP) is 2.05. The SMILES string of the molecule is O=C(CNc1ccc(Cl)cc1)NC[C@@H]1CCCO1. The number of ether oxygens (including phenoxy) is 1. The average Bonchev–Trinajstić information content (AvgIpc) is 2.89. The second-order valence-electron chi connectivity index (χ2n) is 4.30. The number of rotatable bonds is 5. The summed E-state index contributed by atoms with van der Waals surface area (Å²) in [7, 11) is 0. The Kier molecular flexibility index (Phi) is 4.84. The third kappa shape index (κ3) is 4.20. The second kappa shape index (κ2) is 6.61. The predicted molar refractivity (Wildman–Crippen MR) is 71.9 cm³/mol. The highest BCUT2D eigenvalue weighted by molar-refractivity contribution is 6.30. The van der Waals surface area contributed by atoms with Gasteiger partial charge < -0.3 is 15.4 Å². The molecular formula is C13H17ClN2O2. The second-order valence-corrected chi connectivity index (χ2v) is 4.74. The van der Waals surface area contributed by atoms with Crippen molar-refractivity contribution < 1.29 is 9.53 Å². The van der Waals surface area contributed by atoms with Crippen molar-refractivity contribution in [2.75, 3.05) is 25.0 Å². The molecule has 1 heterocycles. The van der Waals surface area contributed by atoms with Crippen molar-refractivity contribution in [1.82, 2.24) is 5.32 Å². The Labute approximate surface area is 112 Å². The van der Waals surface area contributed by atoms with Crippen molar-refractivity contribution in [3.05, 3.63) is 29.3 Å². The molecule has 18 heavy (non-hydrogen) atoms. The molecule has 2 rings (SSSR count). The lowest BCUT2D eigenvalue weighted by Gasteiger charge is -2.11. The Morgan fingerprint density at radius 3 is 2.83 bits per heavy atom. The minimum Gasteiger partial charge on any atom is -0.376 e. The molecule has 5 heteroatoms. The van der Waals surface area contributed by atoms with Crippen LogP contribution in [0.4, 0.5) is 5.69 Å². The number of halogens is 1. The summed E-state index contributed by atoms with van der Waals surface area (Å²) in [5.74, 6) is -0.0274. The van der Waals surface area contributed by atoms with Gasteiger partial charge in [-0.1, -0.05) is 11.6 Å². The molecule has 1 saturated heterocycles. The van der Waals surface area contributed by atoms with Crippen LogP contribution in [0.15, 0.2) is 24.3 Å². The van der Waals surface area contributed by atoms with E-state index in [0.717, 1.165) is 25.1 Å². The zero-order valence-corrected chi connectivity index (χ0v) is 10.9. The van der Waals surface area contributed by atoms with Crippen molar-refractivity contribution >= 4 is 23.2 Å². The fourth-order valence-corrected chi connectivity index (χ4v) is 1.97. The van der Waals surface area contributed by atoms with Gasteiger partial charge in [-0.25, -0.2) is 0 Å². The highest BCUT2D eigenvalue weighted by Crippen LogP contribution is 2.13. The highest BCUT2D eigenvalue weighted by Gasteiger charge is 2.15. The van der Waals surface area contributed by atoms with Crippen LogP contribution in [0.3, 0.4) is 0 Å². The Balaban J connectivity index is 1.66. The van der Waals surface area contributed by atoms with E-state index in [4.69, 9.17) is 16.3 Å². The summed E-state index contributed by atoms with van der Waals surface area (Å²) in [4.78, 5) is 11.6. The molecule has 1 aliphatic rings. The van der Waals surface area contributed by atoms with Crippen LogP contribution in [-0.4, -0.2) is 31.7 Å². The average molecular weight is 269 g/mol.